The number of ether oxygens (including phenoxy) is 2. The van der Waals surface area contributed by atoms with Gasteiger partial charge in [-0.2, -0.15) is 0 Å². The largest absolute Gasteiger partial charge is 0.497 e. The number of methoxy groups -OCH3 is 1. The van der Waals surface area contributed by atoms with Crippen molar-refractivity contribution in [1.82, 2.24) is 19.8 Å². The Morgan fingerprint density at radius 3 is 2.39 bits per heavy atom. The van der Waals surface area contributed by atoms with Gasteiger partial charge in [-0.25, -0.2) is 9.97 Å². The molecule has 7 nitrogen and oxygen atoms in total. The van der Waals surface area contributed by atoms with E-state index in [1.54, 1.807) is 7.11 Å². The summed E-state index contributed by atoms with van der Waals surface area (Å²) >= 11 is 0. The van der Waals surface area contributed by atoms with Crippen molar-refractivity contribution in [3.05, 3.63) is 42.2 Å². The zero-order valence-electron chi connectivity index (χ0n) is 18.2. The number of aliphatic hydroxyl groups excluding tert-OH is 1. The lowest BCUT2D eigenvalue weighted by Crippen LogP contribution is -2.53. The molecule has 2 saturated heterocycles. The van der Waals surface area contributed by atoms with Gasteiger partial charge in [-0.05, 0) is 48.9 Å². The van der Waals surface area contributed by atoms with Crippen LogP contribution in [0.5, 0.6) is 5.75 Å². The highest BCUT2D eigenvalue weighted by atomic mass is 16.5. The Morgan fingerprint density at radius 2 is 1.71 bits per heavy atom. The maximum absolute atomic E-state index is 10.8. The molecule has 166 valence electrons. The summed E-state index contributed by atoms with van der Waals surface area (Å²) in [7, 11) is 1.66. The Balaban J connectivity index is 1.19. The van der Waals surface area contributed by atoms with Gasteiger partial charge in [0.05, 0.1) is 26.4 Å². The van der Waals surface area contributed by atoms with Crippen LogP contribution in [0.2, 0.25) is 0 Å². The lowest BCUT2D eigenvalue weighted by molar-refractivity contribution is -0.0520. The van der Waals surface area contributed by atoms with Gasteiger partial charge in [0.15, 0.2) is 5.82 Å². The van der Waals surface area contributed by atoms with Crippen LogP contribution >= 0.6 is 0 Å². The van der Waals surface area contributed by atoms with Gasteiger partial charge in [-0.3, -0.25) is 9.80 Å². The molecule has 2 aliphatic heterocycles. The van der Waals surface area contributed by atoms with E-state index in [2.05, 4.69) is 19.8 Å². The highest BCUT2D eigenvalue weighted by Crippen LogP contribution is 2.39. The van der Waals surface area contributed by atoms with E-state index in [4.69, 9.17) is 9.47 Å². The Bertz CT molecular complexity index is 854. The predicted molar refractivity (Wildman–Crippen MR) is 118 cm³/mol. The van der Waals surface area contributed by atoms with Crippen molar-refractivity contribution in [3.8, 4) is 17.1 Å². The van der Waals surface area contributed by atoms with Crippen molar-refractivity contribution < 1.29 is 14.6 Å². The Labute approximate surface area is 184 Å². The summed E-state index contributed by atoms with van der Waals surface area (Å²) in [5, 5.41) is 10.8. The first-order valence-corrected chi connectivity index (χ1v) is 11.4. The minimum Gasteiger partial charge on any atom is -0.497 e. The van der Waals surface area contributed by atoms with E-state index in [-0.39, 0.29) is 12.1 Å². The van der Waals surface area contributed by atoms with Crippen LogP contribution in [-0.2, 0) is 11.3 Å². The highest BCUT2D eigenvalue weighted by molar-refractivity contribution is 5.55. The highest BCUT2D eigenvalue weighted by Gasteiger charge is 2.43. The minimum atomic E-state index is -0.216. The molecule has 1 aromatic carbocycles. The topological polar surface area (TPSA) is 71.0 Å². The summed E-state index contributed by atoms with van der Waals surface area (Å²) < 4.78 is 10.7. The molecule has 1 aliphatic carbocycles. The number of fused-ring (bicyclic) bond motifs is 1. The maximum Gasteiger partial charge on any atom is 0.159 e. The molecule has 2 aromatic rings. The molecule has 3 aliphatic rings. The summed E-state index contributed by atoms with van der Waals surface area (Å²) in [4.78, 5) is 14.1. The van der Waals surface area contributed by atoms with Crippen molar-refractivity contribution in [2.45, 2.75) is 31.5 Å². The fourth-order valence-corrected chi connectivity index (χ4v) is 5.52. The van der Waals surface area contributed by atoms with Crippen LogP contribution in [0.1, 0.15) is 18.4 Å². The average molecular weight is 425 g/mol. The summed E-state index contributed by atoms with van der Waals surface area (Å²) in [5.41, 5.74) is 2.13. The summed E-state index contributed by atoms with van der Waals surface area (Å²) in [6.07, 6.45) is 5.68. The van der Waals surface area contributed by atoms with Gasteiger partial charge in [-0.15, -0.1) is 0 Å². The normalized spacial score (nSPS) is 29.6. The lowest BCUT2D eigenvalue weighted by Gasteiger charge is -2.43. The van der Waals surface area contributed by atoms with Crippen LogP contribution in [0.15, 0.2) is 36.7 Å². The van der Waals surface area contributed by atoms with E-state index in [1.165, 1.54) is 0 Å². The van der Waals surface area contributed by atoms with Gasteiger partial charge in [0.25, 0.3) is 0 Å². The van der Waals surface area contributed by atoms with Crippen molar-refractivity contribution in [3.63, 3.8) is 0 Å². The second-order valence-electron chi connectivity index (χ2n) is 9.11. The molecular formula is C24H32N4O3. The number of nitrogens with zero attached hydrogens (tertiary/aromatic N) is 4. The van der Waals surface area contributed by atoms with Gasteiger partial charge < -0.3 is 14.6 Å². The number of rotatable bonds is 5. The van der Waals surface area contributed by atoms with Crippen LogP contribution in [0.3, 0.4) is 0 Å². The molecule has 0 unspecified atom stereocenters. The van der Waals surface area contributed by atoms with Crippen LogP contribution < -0.4 is 4.74 Å². The Morgan fingerprint density at radius 1 is 1.03 bits per heavy atom. The molecule has 3 heterocycles. The van der Waals surface area contributed by atoms with Gasteiger partial charge in [0.1, 0.15) is 5.75 Å². The molecule has 0 radical (unpaired) electrons. The van der Waals surface area contributed by atoms with Gasteiger partial charge in [0, 0.05) is 62.3 Å². The molecule has 7 heteroatoms. The number of morpholine rings is 1. The maximum atomic E-state index is 10.8. The van der Waals surface area contributed by atoms with Gasteiger partial charge >= 0.3 is 0 Å². The first-order chi connectivity index (χ1) is 15.2. The van der Waals surface area contributed by atoms with Crippen LogP contribution in [-0.4, -0.2) is 83.5 Å². The van der Waals surface area contributed by atoms with E-state index >= 15 is 0 Å². The molecule has 1 saturated carbocycles. The molecule has 4 atom stereocenters. The van der Waals surface area contributed by atoms with E-state index in [0.29, 0.717) is 11.8 Å². The molecule has 0 amide bonds. The molecule has 0 spiro atoms. The van der Waals surface area contributed by atoms with E-state index in [1.807, 2.05) is 36.7 Å². The number of aromatic nitrogens is 2. The van der Waals surface area contributed by atoms with Crippen molar-refractivity contribution in [2.75, 3.05) is 46.5 Å². The standard InChI is InChI=1S/C24H32N4O3/c1-30-21-4-2-18(3-5-21)24-25-12-17(13-26-24)14-27-15-19-10-22(23(29)11-20(19)16-27)28-6-8-31-9-7-28/h2-5,12-13,19-20,22-23,29H,6-11,14-16H2,1H3/t19-,20+,22-,23-/m1/s1. The number of benzene rings is 1. The summed E-state index contributed by atoms with van der Waals surface area (Å²) in [6, 6.07) is 8.11. The SMILES string of the molecule is COc1ccc(-c2ncc(CN3C[C@H]4C[C@@H](N5CCOCC5)[C@H](O)C[C@H]4C3)cn2)cc1. The minimum absolute atomic E-state index is 0.216. The van der Waals surface area contributed by atoms with Crippen molar-refractivity contribution >= 4 is 0 Å². The fraction of sp³-hybridized carbons (Fsp3) is 0.583. The summed E-state index contributed by atoms with van der Waals surface area (Å²) in [6.45, 7) is 6.48. The van der Waals surface area contributed by atoms with E-state index < -0.39 is 0 Å². The van der Waals surface area contributed by atoms with Gasteiger partial charge in [-0.1, -0.05) is 0 Å². The average Bonchev–Trinajstić information content (AvgIpc) is 3.20. The fourth-order valence-electron chi connectivity index (χ4n) is 5.52. The Kier molecular flexibility index (Phi) is 6.18. The monoisotopic (exact) mass is 424 g/mol. The third kappa shape index (κ3) is 4.60. The zero-order valence-corrected chi connectivity index (χ0v) is 18.2. The molecule has 1 N–H and O–H groups in total. The Hall–Kier alpha value is -2.06. The molecule has 1 aromatic heterocycles. The number of hydrogen-bond donors (Lipinski definition) is 1. The second-order valence-corrected chi connectivity index (χ2v) is 9.11. The third-order valence-corrected chi connectivity index (χ3v) is 7.16. The molecule has 31 heavy (non-hydrogen) atoms. The smallest absolute Gasteiger partial charge is 0.159 e. The van der Waals surface area contributed by atoms with Gasteiger partial charge in [0.2, 0.25) is 0 Å². The predicted octanol–water partition coefficient (Wildman–Crippen LogP) is 2.06. The van der Waals surface area contributed by atoms with Crippen molar-refractivity contribution in [1.29, 1.82) is 0 Å². The first kappa shape index (κ1) is 20.8. The van der Waals surface area contributed by atoms with Crippen LogP contribution in [0.4, 0.5) is 0 Å². The number of aliphatic hydroxyl groups is 1. The second kappa shape index (κ2) is 9.20. The lowest BCUT2D eigenvalue weighted by atomic mass is 9.77. The third-order valence-electron chi connectivity index (χ3n) is 7.16. The van der Waals surface area contributed by atoms with Crippen molar-refractivity contribution in [2.24, 2.45) is 11.8 Å². The van der Waals surface area contributed by atoms with E-state index in [9.17, 15) is 5.11 Å². The first-order valence-electron chi connectivity index (χ1n) is 11.4. The zero-order chi connectivity index (χ0) is 21.2. The van der Waals surface area contributed by atoms with E-state index in [0.717, 1.165) is 81.5 Å². The van der Waals surface area contributed by atoms with Crippen LogP contribution in [0, 0.1) is 11.8 Å². The molecule has 3 fully saturated rings. The van der Waals surface area contributed by atoms with Crippen LogP contribution in [0.25, 0.3) is 11.4 Å². The molecular weight excluding hydrogens is 392 g/mol. The quantitative estimate of drug-likeness (QED) is 0.788. The summed E-state index contributed by atoms with van der Waals surface area (Å²) in [5.74, 6) is 2.82. The number of hydrogen-bond acceptors (Lipinski definition) is 7. The molecule has 0 bridgehead atoms. The number of likely N-dealkylation sites (tertiary alicyclic amines) is 1. The molecule has 5 rings (SSSR count).